The van der Waals surface area contributed by atoms with Gasteiger partial charge in [0.25, 0.3) is 5.91 Å². The lowest BCUT2D eigenvalue weighted by Crippen LogP contribution is -2.16. The van der Waals surface area contributed by atoms with Gasteiger partial charge in [0.2, 0.25) is 0 Å². The largest absolute Gasteiger partial charge is 0.493 e. The number of aryl methyl sites for hydroxylation is 1. The molecule has 0 unspecified atom stereocenters. The maximum absolute atomic E-state index is 12.8. The van der Waals surface area contributed by atoms with Crippen LogP contribution in [0.3, 0.4) is 0 Å². The maximum atomic E-state index is 12.8. The molecule has 0 amide bonds. The molecule has 2 rings (SSSR count). The molecule has 0 saturated carbocycles. The zero-order valence-electron chi connectivity index (χ0n) is 14.6. The second kappa shape index (κ2) is 6.86. The Bertz CT molecular complexity index is 717. The molecular weight excluding hydrogens is 292 g/mol. The van der Waals surface area contributed by atoms with Crippen molar-refractivity contribution >= 4 is 5.91 Å². The van der Waals surface area contributed by atoms with Gasteiger partial charge in [0.05, 0.1) is 19.9 Å². The molecule has 0 N–H and O–H groups in total. The van der Waals surface area contributed by atoms with E-state index in [1.165, 1.54) is 4.68 Å². The minimum absolute atomic E-state index is 0.165. The number of hydrogen-bond donors (Lipinski definition) is 0. The van der Waals surface area contributed by atoms with Crippen LogP contribution in [0.15, 0.2) is 18.2 Å². The van der Waals surface area contributed by atoms with E-state index in [2.05, 4.69) is 18.9 Å². The summed E-state index contributed by atoms with van der Waals surface area (Å²) in [7, 11) is 3.12. The molecule has 0 fully saturated rings. The van der Waals surface area contributed by atoms with E-state index in [0.29, 0.717) is 23.0 Å². The highest BCUT2D eigenvalue weighted by Gasteiger charge is 2.19. The summed E-state index contributed by atoms with van der Waals surface area (Å²) in [6.07, 6.45) is 0.914. The number of ether oxygens (including phenoxy) is 2. The van der Waals surface area contributed by atoms with E-state index >= 15 is 0 Å². The Morgan fingerprint density at radius 1 is 1.17 bits per heavy atom. The van der Waals surface area contributed by atoms with E-state index in [1.807, 2.05) is 13.8 Å². The Morgan fingerprint density at radius 3 is 2.39 bits per heavy atom. The van der Waals surface area contributed by atoms with Crippen molar-refractivity contribution in [3.8, 4) is 11.5 Å². The molecule has 23 heavy (non-hydrogen) atoms. The summed E-state index contributed by atoms with van der Waals surface area (Å²) in [6.45, 7) is 8.21. The van der Waals surface area contributed by atoms with Gasteiger partial charge in [0.1, 0.15) is 0 Å². The minimum atomic E-state index is -0.165. The first-order chi connectivity index (χ1) is 10.9. The van der Waals surface area contributed by atoms with Crippen LogP contribution in [0.4, 0.5) is 0 Å². The lowest BCUT2D eigenvalue weighted by atomic mass is 10.0. The van der Waals surface area contributed by atoms with Crippen molar-refractivity contribution in [1.82, 2.24) is 9.78 Å². The third-order valence-corrected chi connectivity index (χ3v) is 3.88. The molecule has 1 heterocycles. The Kier molecular flexibility index (Phi) is 5.08. The summed E-state index contributed by atoms with van der Waals surface area (Å²) in [5.74, 6) is 1.47. The van der Waals surface area contributed by atoms with Gasteiger partial charge in [-0.1, -0.05) is 13.8 Å². The van der Waals surface area contributed by atoms with E-state index in [1.54, 1.807) is 32.4 Å². The monoisotopic (exact) mass is 316 g/mol. The van der Waals surface area contributed by atoms with Gasteiger partial charge in [-0.15, -0.1) is 0 Å². The van der Waals surface area contributed by atoms with Crippen LogP contribution in [0.1, 0.15) is 41.2 Å². The summed E-state index contributed by atoms with van der Waals surface area (Å²) in [6, 6.07) is 5.13. The third-order valence-electron chi connectivity index (χ3n) is 3.88. The summed E-state index contributed by atoms with van der Waals surface area (Å²) >= 11 is 0. The molecular formula is C18H24N2O3. The Hall–Kier alpha value is -2.30. The van der Waals surface area contributed by atoms with Crippen molar-refractivity contribution in [1.29, 1.82) is 0 Å². The van der Waals surface area contributed by atoms with Crippen LogP contribution in [-0.2, 0) is 6.42 Å². The van der Waals surface area contributed by atoms with Gasteiger partial charge >= 0.3 is 0 Å². The minimum Gasteiger partial charge on any atom is -0.493 e. The number of benzene rings is 1. The number of carbonyl (C=O) groups is 1. The number of nitrogens with zero attached hydrogens (tertiary/aromatic N) is 2. The summed E-state index contributed by atoms with van der Waals surface area (Å²) in [4.78, 5) is 12.8. The number of methoxy groups -OCH3 is 2. The number of hydrogen-bond acceptors (Lipinski definition) is 4. The van der Waals surface area contributed by atoms with Crippen LogP contribution < -0.4 is 9.47 Å². The fraction of sp³-hybridized carbons (Fsp3) is 0.444. The first-order valence-electron chi connectivity index (χ1n) is 7.70. The van der Waals surface area contributed by atoms with Gasteiger partial charge in [0.15, 0.2) is 11.5 Å². The van der Waals surface area contributed by atoms with E-state index in [-0.39, 0.29) is 5.91 Å². The molecule has 2 aromatic rings. The Morgan fingerprint density at radius 2 is 1.83 bits per heavy atom. The molecule has 0 radical (unpaired) electrons. The molecule has 0 aliphatic heterocycles. The number of rotatable bonds is 5. The van der Waals surface area contributed by atoms with Gasteiger partial charge in [-0.3, -0.25) is 4.79 Å². The maximum Gasteiger partial charge on any atom is 0.278 e. The van der Waals surface area contributed by atoms with Gasteiger partial charge < -0.3 is 9.47 Å². The predicted molar refractivity (Wildman–Crippen MR) is 89.5 cm³/mol. The first-order valence-corrected chi connectivity index (χ1v) is 7.70. The highest BCUT2D eigenvalue weighted by atomic mass is 16.5. The topological polar surface area (TPSA) is 53.4 Å². The van der Waals surface area contributed by atoms with Crippen molar-refractivity contribution in [2.45, 2.75) is 34.1 Å². The van der Waals surface area contributed by atoms with Gasteiger partial charge in [-0.2, -0.15) is 5.10 Å². The predicted octanol–water partition coefficient (Wildman–Crippen LogP) is 3.40. The van der Waals surface area contributed by atoms with Gasteiger partial charge in [-0.25, -0.2) is 4.68 Å². The van der Waals surface area contributed by atoms with E-state index in [0.717, 1.165) is 23.4 Å². The van der Waals surface area contributed by atoms with E-state index in [9.17, 15) is 4.79 Å². The van der Waals surface area contributed by atoms with Crippen LogP contribution >= 0.6 is 0 Å². The summed E-state index contributed by atoms with van der Waals surface area (Å²) in [5, 5.41) is 4.43. The third kappa shape index (κ3) is 3.38. The molecule has 5 heteroatoms. The Balaban J connectivity index is 2.41. The van der Waals surface area contributed by atoms with Crippen molar-refractivity contribution < 1.29 is 14.3 Å². The van der Waals surface area contributed by atoms with Crippen LogP contribution in [0.2, 0.25) is 0 Å². The smallest absolute Gasteiger partial charge is 0.278 e. The van der Waals surface area contributed by atoms with E-state index in [4.69, 9.17) is 9.47 Å². The molecule has 5 nitrogen and oxygen atoms in total. The standard InChI is InChI=1S/C18H24N2O3/c1-11(2)9-15-12(3)19-20(13(15)4)18(21)14-7-8-16(22-5)17(10-14)23-6/h7-8,10-11H,9H2,1-6H3. The van der Waals surface area contributed by atoms with Crippen molar-refractivity contribution in [2.75, 3.05) is 14.2 Å². The zero-order valence-corrected chi connectivity index (χ0v) is 14.6. The zero-order chi connectivity index (χ0) is 17.1. The molecule has 1 aromatic carbocycles. The summed E-state index contributed by atoms with van der Waals surface area (Å²) in [5.41, 5.74) is 3.47. The van der Waals surface area contributed by atoms with Crippen LogP contribution in [0.25, 0.3) is 0 Å². The molecule has 0 saturated heterocycles. The molecule has 0 bridgehead atoms. The molecule has 0 aliphatic rings. The first kappa shape index (κ1) is 17.1. The van der Waals surface area contributed by atoms with Gasteiger partial charge in [0, 0.05) is 11.3 Å². The van der Waals surface area contributed by atoms with E-state index < -0.39 is 0 Å². The van der Waals surface area contributed by atoms with Crippen molar-refractivity contribution in [3.05, 3.63) is 40.7 Å². The van der Waals surface area contributed by atoms with Crippen LogP contribution in [0.5, 0.6) is 11.5 Å². The van der Waals surface area contributed by atoms with Crippen molar-refractivity contribution in [3.63, 3.8) is 0 Å². The van der Waals surface area contributed by atoms with Crippen molar-refractivity contribution in [2.24, 2.45) is 5.92 Å². The lowest BCUT2D eigenvalue weighted by molar-refractivity contribution is 0.0942. The van der Waals surface area contributed by atoms with Crippen LogP contribution in [0, 0.1) is 19.8 Å². The van der Waals surface area contributed by atoms with Crippen LogP contribution in [-0.4, -0.2) is 29.9 Å². The second-order valence-electron chi connectivity index (χ2n) is 6.03. The molecule has 124 valence electrons. The quantitative estimate of drug-likeness (QED) is 0.848. The average molecular weight is 316 g/mol. The lowest BCUT2D eigenvalue weighted by Gasteiger charge is -2.10. The normalized spacial score (nSPS) is 10.9. The highest BCUT2D eigenvalue weighted by molar-refractivity contribution is 5.96. The second-order valence-corrected chi connectivity index (χ2v) is 6.03. The molecule has 0 atom stereocenters. The molecule has 0 aliphatic carbocycles. The number of aromatic nitrogens is 2. The molecule has 0 spiro atoms. The molecule has 1 aromatic heterocycles. The van der Waals surface area contributed by atoms with Gasteiger partial charge in [-0.05, 0) is 49.9 Å². The number of carbonyl (C=O) groups excluding carboxylic acids is 1. The highest BCUT2D eigenvalue weighted by Crippen LogP contribution is 2.28. The SMILES string of the molecule is COc1ccc(C(=O)n2nc(C)c(CC(C)C)c2C)cc1OC. The average Bonchev–Trinajstić information content (AvgIpc) is 2.81. The summed E-state index contributed by atoms with van der Waals surface area (Å²) < 4.78 is 12.0. The fourth-order valence-electron chi connectivity index (χ4n) is 2.67. The Labute approximate surface area is 137 Å². The fourth-order valence-corrected chi connectivity index (χ4v) is 2.67.